The number of ether oxygens (including phenoxy) is 2. The van der Waals surface area contributed by atoms with Crippen LogP contribution in [0.5, 0.6) is 11.5 Å². The fourth-order valence-corrected chi connectivity index (χ4v) is 1.77. The number of fused-ring (bicyclic) bond motifs is 1. The van der Waals surface area contributed by atoms with Crippen molar-refractivity contribution in [2.45, 2.75) is 13.8 Å². The zero-order chi connectivity index (χ0) is 13.8. The van der Waals surface area contributed by atoms with Gasteiger partial charge < -0.3 is 13.9 Å². The summed E-state index contributed by atoms with van der Waals surface area (Å²) in [5.41, 5.74) is -0.0261. The molecule has 1 heterocycles. The third kappa shape index (κ3) is 2.45. The minimum atomic E-state index is -0.375. The van der Waals surface area contributed by atoms with Gasteiger partial charge in [0.1, 0.15) is 11.8 Å². The lowest BCUT2D eigenvalue weighted by Gasteiger charge is -2.11. The first kappa shape index (κ1) is 13.1. The van der Waals surface area contributed by atoms with Crippen LogP contribution in [-0.2, 0) is 0 Å². The van der Waals surface area contributed by atoms with Gasteiger partial charge >= 0.3 is 0 Å². The molecule has 0 spiro atoms. The third-order valence-corrected chi connectivity index (χ3v) is 2.59. The van der Waals surface area contributed by atoms with E-state index in [0.717, 1.165) is 6.26 Å². The van der Waals surface area contributed by atoms with Gasteiger partial charge in [-0.25, -0.2) is 0 Å². The minimum Gasteiger partial charge on any atom is -0.490 e. The van der Waals surface area contributed by atoms with E-state index < -0.39 is 0 Å². The zero-order valence-electron chi connectivity index (χ0n) is 10.8. The molecule has 2 rings (SSSR count). The lowest BCUT2D eigenvalue weighted by molar-refractivity contribution is 0.112. The lowest BCUT2D eigenvalue weighted by atomic mass is 10.1. The van der Waals surface area contributed by atoms with Gasteiger partial charge in [0.25, 0.3) is 0 Å². The van der Waals surface area contributed by atoms with Gasteiger partial charge in [-0.15, -0.1) is 0 Å². The van der Waals surface area contributed by atoms with Crippen molar-refractivity contribution in [3.8, 4) is 11.5 Å². The predicted molar refractivity (Wildman–Crippen MR) is 70.2 cm³/mol. The second-order valence-corrected chi connectivity index (χ2v) is 3.80. The Balaban J connectivity index is 2.69. The summed E-state index contributed by atoms with van der Waals surface area (Å²) in [4.78, 5) is 22.7. The van der Waals surface area contributed by atoms with Crippen molar-refractivity contribution in [2.75, 3.05) is 13.2 Å². The average molecular weight is 262 g/mol. The number of benzene rings is 1. The maximum Gasteiger partial charge on any atom is 0.203 e. The van der Waals surface area contributed by atoms with Gasteiger partial charge in [-0.3, -0.25) is 9.59 Å². The Morgan fingerprint density at radius 1 is 1.16 bits per heavy atom. The second-order valence-electron chi connectivity index (χ2n) is 3.80. The van der Waals surface area contributed by atoms with Crippen LogP contribution in [0.1, 0.15) is 24.2 Å². The summed E-state index contributed by atoms with van der Waals surface area (Å²) < 4.78 is 16.1. The van der Waals surface area contributed by atoms with Crippen LogP contribution in [0.2, 0.25) is 0 Å². The molecule has 5 heteroatoms. The topological polar surface area (TPSA) is 65.7 Å². The molecule has 0 radical (unpaired) electrons. The van der Waals surface area contributed by atoms with Crippen molar-refractivity contribution >= 4 is 17.3 Å². The molecule has 1 aromatic heterocycles. The molecular formula is C14H14O5. The van der Waals surface area contributed by atoms with Gasteiger partial charge in [0.2, 0.25) is 5.43 Å². The molecular weight excluding hydrogens is 248 g/mol. The van der Waals surface area contributed by atoms with Gasteiger partial charge in [-0.1, -0.05) is 0 Å². The summed E-state index contributed by atoms with van der Waals surface area (Å²) in [5, 5.41) is 0.302. The molecule has 0 saturated carbocycles. The Morgan fingerprint density at radius 2 is 1.79 bits per heavy atom. The molecule has 0 saturated heterocycles. The fourth-order valence-electron chi connectivity index (χ4n) is 1.77. The normalized spacial score (nSPS) is 10.4. The molecule has 0 unspecified atom stereocenters. The van der Waals surface area contributed by atoms with Gasteiger partial charge in [-0.2, -0.15) is 0 Å². The molecule has 1 aromatic carbocycles. The molecule has 0 atom stereocenters. The number of carbonyl (C=O) groups is 1. The predicted octanol–water partition coefficient (Wildman–Crippen LogP) is 2.40. The molecule has 5 nitrogen and oxygen atoms in total. The van der Waals surface area contributed by atoms with E-state index in [9.17, 15) is 9.59 Å². The highest BCUT2D eigenvalue weighted by atomic mass is 16.5. The summed E-state index contributed by atoms with van der Waals surface area (Å²) in [6.07, 6.45) is 1.62. The minimum absolute atomic E-state index is 0.0147. The van der Waals surface area contributed by atoms with E-state index in [-0.39, 0.29) is 11.0 Å². The first-order valence-corrected chi connectivity index (χ1v) is 6.01. The van der Waals surface area contributed by atoms with Gasteiger partial charge in [-0.05, 0) is 19.9 Å². The van der Waals surface area contributed by atoms with Gasteiger partial charge in [0.15, 0.2) is 17.8 Å². The number of rotatable bonds is 5. The van der Waals surface area contributed by atoms with Crippen LogP contribution in [0.4, 0.5) is 0 Å². The highest BCUT2D eigenvalue weighted by Gasteiger charge is 2.12. The van der Waals surface area contributed by atoms with Crippen LogP contribution in [-0.4, -0.2) is 19.5 Å². The molecule has 19 heavy (non-hydrogen) atoms. The SMILES string of the molecule is CCOc1cc2occ(C=O)c(=O)c2cc1OCC. The van der Waals surface area contributed by atoms with E-state index in [2.05, 4.69) is 0 Å². The van der Waals surface area contributed by atoms with Gasteiger partial charge in [0.05, 0.1) is 24.2 Å². The first-order chi connectivity index (χ1) is 9.21. The van der Waals surface area contributed by atoms with Crippen LogP contribution in [0.15, 0.2) is 27.6 Å². The van der Waals surface area contributed by atoms with E-state index in [4.69, 9.17) is 13.9 Å². The molecule has 0 aliphatic rings. The van der Waals surface area contributed by atoms with E-state index >= 15 is 0 Å². The lowest BCUT2D eigenvalue weighted by Crippen LogP contribution is -2.08. The molecule has 100 valence electrons. The van der Waals surface area contributed by atoms with E-state index in [0.29, 0.717) is 42.0 Å². The molecule has 0 aliphatic carbocycles. The highest BCUT2D eigenvalue weighted by molar-refractivity contribution is 5.86. The largest absolute Gasteiger partial charge is 0.490 e. The van der Waals surface area contributed by atoms with E-state index in [1.807, 2.05) is 13.8 Å². The molecule has 0 fully saturated rings. The van der Waals surface area contributed by atoms with Crippen molar-refractivity contribution in [2.24, 2.45) is 0 Å². The van der Waals surface area contributed by atoms with E-state index in [1.165, 1.54) is 0 Å². The zero-order valence-corrected chi connectivity index (χ0v) is 10.8. The smallest absolute Gasteiger partial charge is 0.203 e. The summed E-state index contributed by atoms with van der Waals surface area (Å²) in [5.74, 6) is 0.978. The molecule has 0 N–H and O–H groups in total. The number of hydrogen-bond acceptors (Lipinski definition) is 5. The average Bonchev–Trinajstić information content (AvgIpc) is 2.41. The molecule has 0 aliphatic heterocycles. The molecule has 0 amide bonds. The van der Waals surface area contributed by atoms with Crippen LogP contribution in [0, 0.1) is 0 Å². The van der Waals surface area contributed by atoms with Crippen molar-refractivity contribution in [3.05, 3.63) is 34.2 Å². The summed E-state index contributed by atoms with van der Waals surface area (Å²) in [6, 6.07) is 3.14. The van der Waals surface area contributed by atoms with E-state index in [1.54, 1.807) is 12.1 Å². The second kappa shape index (κ2) is 5.56. The van der Waals surface area contributed by atoms with Crippen LogP contribution < -0.4 is 14.9 Å². The maximum absolute atomic E-state index is 12.0. The molecule has 2 aromatic rings. The Kier molecular flexibility index (Phi) is 3.85. The van der Waals surface area contributed by atoms with Crippen molar-refractivity contribution in [1.29, 1.82) is 0 Å². The third-order valence-electron chi connectivity index (χ3n) is 2.59. The highest BCUT2D eigenvalue weighted by Crippen LogP contribution is 2.31. The monoisotopic (exact) mass is 262 g/mol. The number of carbonyl (C=O) groups excluding carboxylic acids is 1. The Hall–Kier alpha value is -2.30. The van der Waals surface area contributed by atoms with Gasteiger partial charge in [0, 0.05) is 6.07 Å². The standard InChI is InChI=1S/C14H14O5/c1-3-17-12-5-10-11(6-13(12)18-4-2)19-8-9(7-15)14(10)16/h5-8H,3-4H2,1-2H3. The Labute approximate surface area is 109 Å². The Bertz CT molecular complexity index is 657. The van der Waals surface area contributed by atoms with Crippen LogP contribution in [0.3, 0.4) is 0 Å². The number of aldehydes is 1. The Morgan fingerprint density at radius 3 is 2.37 bits per heavy atom. The van der Waals surface area contributed by atoms with Crippen molar-refractivity contribution in [3.63, 3.8) is 0 Å². The first-order valence-electron chi connectivity index (χ1n) is 6.01. The molecule has 0 bridgehead atoms. The van der Waals surface area contributed by atoms with Crippen molar-refractivity contribution in [1.82, 2.24) is 0 Å². The quantitative estimate of drug-likeness (QED) is 0.774. The summed E-state index contributed by atoms with van der Waals surface area (Å²) >= 11 is 0. The summed E-state index contributed by atoms with van der Waals surface area (Å²) in [6.45, 7) is 4.61. The number of hydrogen-bond donors (Lipinski definition) is 0. The fraction of sp³-hybridized carbons (Fsp3) is 0.286. The summed E-state index contributed by atoms with van der Waals surface area (Å²) in [7, 11) is 0. The van der Waals surface area contributed by atoms with Crippen LogP contribution >= 0.6 is 0 Å². The van der Waals surface area contributed by atoms with Crippen LogP contribution in [0.25, 0.3) is 11.0 Å². The van der Waals surface area contributed by atoms with Crippen molar-refractivity contribution < 1.29 is 18.7 Å². The maximum atomic E-state index is 12.0.